The van der Waals surface area contributed by atoms with Gasteiger partial charge in [0, 0.05) is 17.0 Å². The maximum atomic E-state index is 3.66. The second kappa shape index (κ2) is 5.45. The van der Waals surface area contributed by atoms with Crippen LogP contribution in [-0.2, 0) is 0 Å². The van der Waals surface area contributed by atoms with Crippen molar-refractivity contribution in [1.29, 1.82) is 0 Å². The standard InChI is InChI=1S/C13H19NS/c1-15-13-10-6-5-9-12(13)14-11-7-3-2-4-8-11/h2-4,7-8,12-14H,5-6,9-10H2,1H3. The number of rotatable bonds is 3. The maximum Gasteiger partial charge on any atom is 0.0379 e. The van der Waals surface area contributed by atoms with Crippen LogP contribution in [0.15, 0.2) is 30.3 Å². The summed E-state index contributed by atoms with van der Waals surface area (Å²) < 4.78 is 0. The van der Waals surface area contributed by atoms with Crippen LogP contribution < -0.4 is 5.32 Å². The van der Waals surface area contributed by atoms with Crippen molar-refractivity contribution in [2.75, 3.05) is 11.6 Å². The molecular formula is C13H19NS. The van der Waals surface area contributed by atoms with Crippen LogP contribution in [0.3, 0.4) is 0 Å². The Bertz CT molecular complexity index is 286. The molecule has 1 saturated carbocycles. The Morgan fingerprint density at radius 3 is 2.60 bits per heavy atom. The first-order valence-electron chi connectivity index (χ1n) is 5.74. The molecule has 2 heteroatoms. The lowest BCUT2D eigenvalue weighted by Crippen LogP contribution is -2.34. The van der Waals surface area contributed by atoms with Crippen molar-refractivity contribution in [3.8, 4) is 0 Å². The molecule has 1 N–H and O–H groups in total. The number of hydrogen-bond donors (Lipinski definition) is 1. The first-order chi connectivity index (χ1) is 7.40. The zero-order valence-electron chi connectivity index (χ0n) is 9.28. The molecule has 0 aliphatic heterocycles. The molecule has 15 heavy (non-hydrogen) atoms. The quantitative estimate of drug-likeness (QED) is 0.834. The molecule has 0 bridgehead atoms. The van der Waals surface area contributed by atoms with E-state index in [1.165, 1.54) is 31.4 Å². The van der Waals surface area contributed by atoms with Crippen LogP contribution in [0, 0.1) is 0 Å². The van der Waals surface area contributed by atoms with Gasteiger partial charge < -0.3 is 5.32 Å². The second-order valence-electron chi connectivity index (χ2n) is 4.18. The lowest BCUT2D eigenvalue weighted by Gasteiger charge is -2.31. The minimum Gasteiger partial charge on any atom is -0.381 e. The molecule has 2 atom stereocenters. The number of para-hydroxylation sites is 1. The number of nitrogens with one attached hydrogen (secondary N) is 1. The Hall–Kier alpha value is -0.630. The molecule has 0 radical (unpaired) electrons. The summed E-state index contributed by atoms with van der Waals surface area (Å²) in [7, 11) is 0. The van der Waals surface area contributed by atoms with E-state index in [0.717, 1.165) is 5.25 Å². The molecule has 1 aliphatic rings. The van der Waals surface area contributed by atoms with Crippen LogP contribution in [0.5, 0.6) is 0 Å². The van der Waals surface area contributed by atoms with Crippen molar-refractivity contribution < 1.29 is 0 Å². The zero-order chi connectivity index (χ0) is 10.5. The highest BCUT2D eigenvalue weighted by Gasteiger charge is 2.23. The molecule has 0 heterocycles. The molecule has 0 saturated heterocycles. The van der Waals surface area contributed by atoms with Crippen LogP contribution in [0.4, 0.5) is 5.69 Å². The fourth-order valence-corrected chi connectivity index (χ4v) is 3.23. The largest absolute Gasteiger partial charge is 0.381 e. The first-order valence-corrected chi connectivity index (χ1v) is 7.03. The van der Waals surface area contributed by atoms with E-state index in [1.807, 2.05) is 11.8 Å². The zero-order valence-corrected chi connectivity index (χ0v) is 10.1. The van der Waals surface area contributed by atoms with Crippen molar-refractivity contribution in [3.63, 3.8) is 0 Å². The van der Waals surface area contributed by atoms with Gasteiger partial charge in [-0.1, -0.05) is 31.0 Å². The molecule has 1 aliphatic carbocycles. The van der Waals surface area contributed by atoms with E-state index in [1.54, 1.807) is 0 Å². The number of hydrogen-bond acceptors (Lipinski definition) is 2. The third-order valence-electron chi connectivity index (χ3n) is 3.13. The van der Waals surface area contributed by atoms with Gasteiger partial charge in [0.15, 0.2) is 0 Å². The fourth-order valence-electron chi connectivity index (χ4n) is 2.29. The predicted molar refractivity (Wildman–Crippen MR) is 69.6 cm³/mol. The maximum absolute atomic E-state index is 3.66. The Morgan fingerprint density at radius 1 is 1.13 bits per heavy atom. The van der Waals surface area contributed by atoms with Crippen molar-refractivity contribution in [2.45, 2.75) is 37.0 Å². The Kier molecular flexibility index (Phi) is 3.95. The summed E-state index contributed by atoms with van der Waals surface area (Å²) in [5.74, 6) is 0. The lowest BCUT2D eigenvalue weighted by molar-refractivity contribution is 0.475. The molecule has 0 amide bonds. The fraction of sp³-hybridized carbons (Fsp3) is 0.538. The van der Waals surface area contributed by atoms with E-state index in [4.69, 9.17) is 0 Å². The van der Waals surface area contributed by atoms with Gasteiger partial charge in [0.2, 0.25) is 0 Å². The van der Waals surface area contributed by atoms with E-state index in [0.29, 0.717) is 6.04 Å². The summed E-state index contributed by atoms with van der Waals surface area (Å²) >= 11 is 2.01. The minimum absolute atomic E-state index is 0.663. The van der Waals surface area contributed by atoms with E-state index in [-0.39, 0.29) is 0 Å². The molecule has 1 aromatic rings. The van der Waals surface area contributed by atoms with Crippen LogP contribution in [0.1, 0.15) is 25.7 Å². The molecule has 1 fully saturated rings. The summed E-state index contributed by atoms with van der Waals surface area (Å²) in [5.41, 5.74) is 1.27. The molecule has 0 aromatic heterocycles. The van der Waals surface area contributed by atoms with Crippen LogP contribution >= 0.6 is 11.8 Å². The van der Waals surface area contributed by atoms with Crippen LogP contribution in [0.25, 0.3) is 0 Å². The van der Waals surface area contributed by atoms with Crippen LogP contribution in [-0.4, -0.2) is 17.5 Å². The summed E-state index contributed by atoms with van der Waals surface area (Å²) in [6.45, 7) is 0. The third-order valence-corrected chi connectivity index (χ3v) is 4.30. The second-order valence-corrected chi connectivity index (χ2v) is 5.25. The molecule has 1 aromatic carbocycles. The van der Waals surface area contributed by atoms with E-state index >= 15 is 0 Å². The topological polar surface area (TPSA) is 12.0 Å². The van der Waals surface area contributed by atoms with Gasteiger partial charge in [0.05, 0.1) is 0 Å². The van der Waals surface area contributed by atoms with E-state index in [9.17, 15) is 0 Å². The van der Waals surface area contributed by atoms with Gasteiger partial charge in [0.25, 0.3) is 0 Å². The highest BCUT2D eigenvalue weighted by molar-refractivity contribution is 7.99. The highest BCUT2D eigenvalue weighted by Crippen LogP contribution is 2.29. The highest BCUT2D eigenvalue weighted by atomic mass is 32.2. The molecule has 2 unspecified atom stereocenters. The SMILES string of the molecule is CSC1CCCCC1Nc1ccccc1. The number of benzene rings is 1. The molecule has 82 valence electrons. The van der Waals surface area contributed by atoms with Gasteiger partial charge in [-0.05, 0) is 31.2 Å². The number of thioether (sulfide) groups is 1. The summed E-state index contributed by atoms with van der Waals surface area (Å²) in [4.78, 5) is 0. The molecule has 2 rings (SSSR count). The average Bonchev–Trinajstić information content (AvgIpc) is 2.31. The smallest absolute Gasteiger partial charge is 0.0379 e. The normalized spacial score (nSPS) is 26.2. The Balaban J connectivity index is 1.97. The summed E-state index contributed by atoms with van der Waals surface area (Å²) in [6.07, 6.45) is 7.70. The first kappa shape index (κ1) is 10.9. The van der Waals surface area contributed by atoms with E-state index in [2.05, 4.69) is 41.9 Å². The van der Waals surface area contributed by atoms with Gasteiger partial charge in [-0.25, -0.2) is 0 Å². The summed E-state index contributed by atoms with van der Waals surface area (Å²) in [5, 5.41) is 4.45. The van der Waals surface area contributed by atoms with Gasteiger partial charge in [-0.3, -0.25) is 0 Å². The van der Waals surface area contributed by atoms with Gasteiger partial charge >= 0.3 is 0 Å². The van der Waals surface area contributed by atoms with Gasteiger partial charge in [-0.15, -0.1) is 0 Å². The monoisotopic (exact) mass is 221 g/mol. The predicted octanol–water partition coefficient (Wildman–Crippen LogP) is 3.77. The molecular weight excluding hydrogens is 202 g/mol. The minimum atomic E-state index is 0.663. The average molecular weight is 221 g/mol. The van der Waals surface area contributed by atoms with Crippen molar-refractivity contribution in [1.82, 2.24) is 0 Å². The molecule has 0 spiro atoms. The Morgan fingerprint density at radius 2 is 1.87 bits per heavy atom. The Labute approximate surface area is 96.7 Å². The van der Waals surface area contributed by atoms with Crippen molar-refractivity contribution in [3.05, 3.63) is 30.3 Å². The van der Waals surface area contributed by atoms with Gasteiger partial charge in [-0.2, -0.15) is 11.8 Å². The van der Waals surface area contributed by atoms with E-state index < -0.39 is 0 Å². The van der Waals surface area contributed by atoms with Crippen molar-refractivity contribution >= 4 is 17.4 Å². The summed E-state index contributed by atoms with van der Waals surface area (Å²) in [6, 6.07) is 11.2. The third kappa shape index (κ3) is 2.91. The van der Waals surface area contributed by atoms with Gasteiger partial charge in [0.1, 0.15) is 0 Å². The van der Waals surface area contributed by atoms with Crippen LogP contribution in [0.2, 0.25) is 0 Å². The van der Waals surface area contributed by atoms with Crippen molar-refractivity contribution in [2.24, 2.45) is 0 Å². The number of anilines is 1. The molecule has 1 nitrogen and oxygen atoms in total. The lowest BCUT2D eigenvalue weighted by atomic mass is 9.94.